The summed E-state index contributed by atoms with van der Waals surface area (Å²) in [7, 11) is -4.13. The van der Waals surface area contributed by atoms with E-state index >= 15 is 0 Å². The van der Waals surface area contributed by atoms with Crippen LogP contribution in [0.3, 0.4) is 0 Å². The Morgan fingerprint density at radius 3 is 0.969 bits per heavy atom. The fourth-order valence-corrected chi connectivity index (χ4v) is 14.1. The summed E-state index contributed by atoms with van der Waals surface area (Å²) in [6, 6.07) is 17.6. The number of fused-ring (bicyclic) bond motifs is 14. The van der Waals surface area contributed by atoms with Gasteiger partial charge in [0.2, 0.25) is 0 Å². The number of hydrogen-bond donors (Lipinski definition) is 0. The van der Waals surface area contributed by atoms with Gasteiger partial charge in [0.25, 0.3) is 0 Å². The zero-order chi connectivity index (χ0) is 43.2. The van der Waals surface area contributed by atoms with Crippen molar-refractivity contribution in [3.63, 3.8) is 0 Å². The fraction of sp³-hybridized carbons (Fsp3) is 0.538. The first-order valence-electron chi connectivity index (χ1n) is 24.0. The molecule has 4 aromatic carbocycles. The molecule has 4 atom stereocenters. The number of rotatable bonds is 7. The number of hydrogen-bond acceptors (Lipinski definition) is 10. The van der Waals surface area contributed by atoms with E-state index in [9.17, 15) is 0 Å². The second-order valence-corrected chi connectivity index (χ2v) is 21.9. The third-order valence-corrected chi connectivity index (χ3v) is 16.9. The molecule has 4 heterocycles. The maximum atomic E-state index is 7.31. The Morgan fingerprint density at radius 1 is 0.422 bits per heavy atom. The molecule has 2 aromatic heterocycles. The van der Waals surface area contributed by atoms with Crippen molar-refractivity contribution in [1.29, 1.82) is 0 Å². The van der Waals surface area contributed by atoms with Crippen molar-refractivity contribution in [3.8, 4) is 0 Å². The average molecular weight is 907 g/mol. The van der Waals surface area contributed by atoms with Crippen LogP contribution < -0.4 is 9.05 Å². The summed E-state index contributed by atoms with van der Waals surface area (Å²) in [5, 5.41) is 4.69. The lowest BCUT2D eigenvalue weighted by molar-refractivity contribution is -0.169. The van der Waals surface area contributed by atoms with E-state index in [1.54, 1.807) is 0 Å². The molecule has 12 rings (SSSR count). The van der Waals surface area contributed by atoms with Crippen LogP contribution >= 0.6 is 16.5 Å². The molecule has 0 unspecified atom stereocenters. The average Bonchev–Trinajstić information content (AvgIpc) is 3.74. The van der Waals surface area contributed by atoms with Crippen LogP contribution in [-0.2, 0) is 70.3 Å². The molecule has 2 aliphatic heterocycles. The van der Waals surface area contributed by atoms with E-state index < -0.39 is 52.5 Å². The van der Waals surface area contributed by atoms with Crippen molar-refractivity contribution in [3.05, 3.63) is 93.0 Å². The molecule has 12 heteroatoms. The Labute approximate surface area is 376 Å². The minimum absolute atomic E-state index is 0.259. The molecule has 0 amide bonds. The van der Waals surface area contributed by atoms with E-state index in [4.69, 9.17) is 44.8 Å². The SMILES string of the molecule is CC1(C)OC[C@H]([C@@H](Op2oc3ccc4c(c3c3c5c(ccc3o2)CCCC5)CCCC4)[C@H](Op2oc3ccc4c(c3c3c5c(ccc3o2)CCCC5)CCCC4)[C@H]2COC(C)(C)O2)O1. The molecular formula is C52H60O10P2. The first-order valence-corrected chi connectivity index (χ1v) is 26.2. The summed E-state index contributed by atoms with van der Waals surface area (Å²) in [5.74, 6) is -1.73. The molecule has 4 aliphatic carbocycles. The van der Waals surface area contributed by atoms with Gasteiger partial charge in [-0.15, -0.1) is 0 Å². The normalized spacial score (nSPS) is 23.4. The highest BCUT2D eigenvalue weighted by molar-refractivity contribution is 7.32. The van der Waals surface area contributed by atoms with Gasteiger partial charge in [0, 0.05) is 21.5 Å². The first-order chi connectivity index (χ1) is 31.1. The second kappa shape index (κ2) is 16.6. The molecule has 64 heavy (non-hydrogen) atoms. The van der Waals surface area contributed by atoms with Crippen molar-refractivity contribution in [2.45, 2.75) is 166 Å². The smallest absolute Gasteiger partial charge is 0.387 e. The molecular weight excluding hydrogens is 847 g/mol. The van der Waals surface area contributed by atoms with Crippen LogP contribution in [0.5, 0.6) is 0 Å². The highest BCUT2D eigenvalue weighted by Gasteiger charge is 2.50. The van der Waals surface area contributed by atoms with Gasteiger partial charge in [-0.2, -0.15) is 0 Å². The predicted octanol–water partition coefficient (Wildman–Crippen LogP) is 13.0. The van der Waals surface area contributed by atoms with Gasteiger partial charge >= 0.3 is 16.5 Å². The van der Waals surface area contributed by atoms with Crippen molar-refractivity contribution >= 4 is 60.4 Å². The van der Waals surface area contributed by atoms with Gasteiger partial charge in [-0.05, 0) is 199 Å². The van der Waals surface area contributed by atoms with Crippen molar-refractivity contribution in [2.24, 2.45) is 0 Å². The van der Waals surface area contributed by atoms with Crippen LogP contribution in [0.1, 0.15) is 124 Å². The predicted molar refractivity (Wildman–Crippen MR) is 250 cm³/mol. The van der Waals surface area contributed by atoms with Gasteiger partial charge in [-0.1, -0.05) is 24.3 Å². The fourth-order valence-electron chi connectivity index (χ4n) is 11.7. The van der Waals surface area contributed by atoms with E-state index in [1.807, 2.05) is 27.7 Å². The van der Waals surface area contributed by atoms with E-state index in [-0.39, 0.29) is 13.2 Å². The quantitative estimate of drug-likeness (QED) is 0.154. The maximum Gasteiger partial charge on any atom is 0.387 e. The lowest BCUT2D eigenvalue weighted by Gasteiger charge is -2.32. The zero-order valence-electron chi connectivity index (χ0n) is 37.6. The third-order valence-electron chi connectivity index (χ3n) is 14.7. The monoisotopic (exact) mass is 906 g/mol. The Bertz CT molecular complexity index is 2530. The highest BCUT2D eigenvalue weighted by atomic mass is 31.1. The number of ether oxygens (including phenoxy) is 4. The standard InChI is InChI=1S/C52H60O10P2/c1-51(2)53-29-43(55-51)49(61-63-57-39-25-21-31-13-5-9-17-35(31)45(39)46-36-18-10-6-14-32(36)22-26-40(46)58-63)50(44-30-54-52(3,4)56-44)62-64-59-41-27-23-33-15-7-11-19-37(33)47(41)48-38-20-12-8-16-34(38)24-28-42(48)60-64/h21-28,43-44,49-50H,5-20,29-30H2,1-4H3/t43-,44-,49-,50-/m1/s1. The molecule has 6 aromatic rings. The van der Waals surface area contributed by atoms with Gasteiger partial charge < -0.3 is 35.7 Å². The lowest BCUT2D eigenvalue weighted by Crippen LogP contribution is -2.52. The van der Waals surface area contributed by atoms with Crippen LogP contribution in [0.2, 0.25) is 0 Å². The van der Waals surface area contributed by atoms with Gasteiger partial charge in [0.1, 0.15) is 46.7 Å². The summed E-state index contributed by atoms with van der Waals surface area (Å²) >= 11 is 0. The van der Waals surface area contributed by atoms with Gasteiger partial charge in [0.15, 0.2) is 11.6 Å². The molecule has 0 radical (unpaired) electrons. The second-order valence-electron chi connectivity index (χ2n) is 19.8. The molecule has 2 fully saturated rings. The van der Waals surface area contributed by atoms with Gasteiger partial charge in [-0.3, -0.25) is 9.05 Å². The Hall–Kier alpha value is -3.56. The van der Waals surface area contributed by atoms with Crippen molar-refractivity contribution < 1.29 is 44.8 Å². The van der Waals surface area contributed by atoms with Gasteiger partial charge in [-0.25, -0.2) is 0 Å². The molecule has 0 N–H and O–H groups in total. The van der Waals surface area contributed by atoms with E-state index in [2.05, 4.69) is 48.5 Å². The molecule has 338 valence electrons. The van der Waals surface area contributed by atoms with Crippen LogP contribution in [0.25, 0.3) is 43.9 Å². The molecule has 0 saturated carbocycles. The number of benzene rings is 4. The first kappa shape index (κ1) is 41.8. The summed E-state index contributed by atoms with van der Waals surface area (Å²) in [5.41, 5.74) is 14.3. The maximum absolute atomic E-state index is 7.31. The molecule has 10 nitrogen and oxygen atoms in total. The summed E-state index contributed by atoms with van der Waals surface area (Å²) in [4.78, 5) is 0. The Morgan fingerprint density at radius 2 is 0.703 bits per heavy atom. The van der Waals surface area contributed by atoms with Crippen molar-refractivity contribution in [1.82, 2.24) is 0 Å². The van der Waals surface area contributed by atoms with E-state index in [0.29, 0.717) is 0 Å². The summed E-state index contributed by atoms with van der Waals surface area (Å²) < 4.78 is 68.8. The van der Waals surface area contributed by atoms with Crippen LogP contribution in [0.15, 0.2) is 65.3 Å². The Balaban J connectivity index is 1.04. The summed E-state index contributed by atoms with van der Waals surface area (Å²) in [6.07, 6.45) is 14.9. The minimum atomic E-state index is -2.07. The van der Waals surface area contributed by atoms with Crippen LogP contribution in [-0.4, -0.2) is 49.2 Å². The molecule has 2 saturated heterocycles. The number of aryl methyl sites for hydroxylation is 8. The van der Waals surface area contributed by atoms with Gasteiger partial charge in [0.05, 0.1) is 13.2 Å². The van der Waals surface area contributed by atoms with Crippen molar-refractivity contribution in [2.75, 3.05) is 13.2 Å². The topological polar surface area (TPSA) is 108 Å². The van der Waals surface area contributed by atoms with Crippen LogP contribution in [0.4, 0.5) is 0 Å². The lowest BCUT2D eigenvalue weighted by atomic mass is 9.84. The van der Waals surface area contributed by atoms with E-state index in [0.717, 1.165) is 99.4 Å². The minimum Gasteiger partial charge on any atom is -0.399 e. The van der Waals surface area contributed by atoms with Crippen LogP contribution in [0, 0.1) is 0 Å². The largest absolute Gasteiger partial charge is 0.399 e. The highest BCUT2D eigenvalue weighted by Crippen LogP contribution is 2.46. The molecule has 0 bridgehead atoms. The Kier molecular flexibility index (Phi) is 10.9. The third kappa shape index (κ3) is 7.68. The molecule has 0 spiro atoms. The summed E-state index contributed by atoms with van der Waals surface area (Å²) in [6.45, 7) is 8.23. The van der Waals surface area contributed by atoms with E-state index in [1.165, 1.54) is 91.7 Å². The molecule has 6 aliphatic rings. The zero-order valence-corrected chi connectivity index (χ0v) is 39.4.